The molecule has 0 spiro atoms. The van der Waals surface area contributed by atoms with Crippen LogP contribution in [-0.4, -0.2) is 11.2 Å². The number of thioether (sulfide) groups is 1. The van der Waals surface area contributed by atoms with Gasteiger partial charge in [-0.05, 0) is 52.1 Å². The molecule has 0 aliphatic carbocycles. The Labute approximate surface area is 227 Å². The molecule has 0 fully saturated rings. The highest BCUT2D eigenvalue weighted by molar-refractivity contribution is 8.13. The maximum absolute atomic E-state index is 5.05. The van der Waals surface area contributed by atoms with Gasteiger partial charge in [0.2, 0.25) is 0 Å². The summed E-state index contributed by atoms with van der Waals surface area (Å²) in [4.78, 5) is 5.05. The highest BCUT2D eigenvalue weighted by Gasteiger charge is 2.28. The molecule has 1 aliphatic rings. The lowest BCUT2D eigenvalue weighted by Crippen LogP contribution is -2.28. The standard InChI is InChI=1S/C27H24N2S.C5H10.C2H6/c1-2-10-25-26(19-11-4-3-5-12-19)29-27(28-25)30-18-24-22-15-8-6-13-20(22)17-21-14-7-9-16-23(21)24;1-3-5-4-2;1-2/h2-17,25-26H,18H2,1H3,(H,28,29);3H,1,4-5H2,2H3;1-2H3/b10-2+;;/t25-,26+;;/m0../s1. The summed E-state index contributed by atoms with van der Waals surface area (Å²) in [6.45, 7) is 11.8. The molecule has 0 aromatic heterocycles. The molecule has 3 heteroatoms. The Hall–Kier alpha value is -3.30. The topological polar surface area (TPSA) is 24.4 Å². The average molecular weight is 509 g/mol. The number of nitrogens with zero attached hydrogens (tertiary/aromatic N) is 1. The van der Waals surface area contributed by atoms with E-state index in [9.17, 15) is 0 Å². The Kier molecular flexibility index (Phi) is 11.5. The second kappa shape index (κ2) is 15.1. The summed E-state index contributed by atoms with van der Waals surface area (Å²) >= 11 is 1.80. The number of amidine groups is 1. The first kappa shape index (κ1) is 28.3. The summed E-state index contributed by atoms with van der Waals surface area (Å²) < 4.78 is 0. The summed E-state index contributed by atoms with van der Waals surface area (Å²) in [5.41, 5.74) is 2.63. The zero-order valence-corrected chi connectivity index (χ0v) is 23.5. The largest absolute Gasteiger partial charge is 0.356 e. The van der Waals surface area contributed by atoms with Crippen LogP contribution in [0.25, 0.3) is 21.5 Å². The molecule has 0 radical (unpaired) electrons. The molecule has 2 nitrogen and oxygen atoms in total. The van der Waals surface area contributed by atoms with Gasteiger partial charge in [0.1, 0.15) is 6.04 Å². The van der Waals surface area contributed by atoms with Crippen molar-refractivity contribution >= 4 is 38.5 Å². The van der Waals surface area contributed by atoms with E-state index >= 15 is 0 Å². The number of fused-ring (bicyclic) bond motifs is 2. The first-order valence-corrected chi connectivity index (χ1v) is 14.4. The summed E-state index contributed by atoms with van der Waals surface area (Å²) in [7, 11) is 0. The minimum atomic E-state index is 0.120. The van der Waals surface area contributed by atoms with Gasteiger partial charge in [0.25, 0.3) is 0 Å². The second-order valence-electron chi connectivity index (χ2n) is 8.65. The third-order valence-electron chi connectivity index (χ3n) is 6.16. The van der Waals surface area contributed by atoms with E-state index in [2.05, 4.69) is 123 Å². The van der Waals surface area contributed by atoms with E-state index in [-0.39, 0.29) is 12.1 Å². The molecule has 192 valence electrons. The molecule has 2 atom stereocenters. The molecule has 1 aliphatic heterocycles. The third-order valence-corrected chi connectivity index (χ3v) is 7.09. The molecule has 1 N–H and O–H groups in total. The van der Waals surface area contributed by atoms with Crippen molar-refractivity contribution in [2.75, 3.05) is 0 Å². The molecule has 1 heterocycles. The maximum atomic E-state index is 5.05. The molecule has 5 rings (SSSR count). The fraction of sp³-hybridized carbons (Fsp3) is 0.265. The molecular weight excluding hydrogens is 468 g/mol. The van der Waals surface area contributed by atoms with E-state index in [0.717, 1.165) is 17.3 Å². The van der Waals surface area contributed by atoms with Crippen LogP contribution in [0.3, 0.4) is 0 Å². The zero-order chi connectivity index (χ0) is 26.5. The average Bonchev–Trinajstić information content (AvgIpc) is 3.36. The predicted octanol–water partition coefficient (Wildman–Crippen LogP) is 9.87. The normalized spacial score (nSPS) is 16.4. The van der Waals surface area contributed by atoms with E-state index in [4.69, 9.17) is 4.99 Å². The van der Waals surface area contributed by atoms with Gasteiger partial charge in [-0.3, -0.25) is 4.99 Å². The Morgan fingerprint density at radius 2 is 1.49 bits per heavy atom. The quantitative estimate of drug-likeness (QED) is 0.207. The molecule has 37 heavy (non-hydrogen) atoms. The van der Waals surface area contributed by atoms with Crippen molar-refractivity contribution in [1.29, 1.82) is 0 Å². The number of unbranched alkanes of at least 4 members (excludes halogenated alkanes) is 1. The number of hydrogen-bond donors (Lipinski definition) is 1. The van der Waals surface area contributed by atoms with Crippen LogP contribution < -0.4 is 5.32 Å². The van der Waals surface area contributed by atoms with Gasteiger partial charge in [0.05, 0.1) is 6.04 Å². The third kappa shape index (κ3) is 7.36. The molecule has 0 unspecified atom stereocenters. The maximum Gasteiger partial charge on any atom is 0.158 e. The van der Waals surface area contributed by atoms with E-state index in [1.165, 1.54) is 39.1 Å². The SMILES string of the molecule is C/C=C/[C@@H]1NC(SCc2c3ccccc3cc3ccccc23)=N[C@@H]1c1ccccc1.C=CCCC.CC. The van der Waals surface area contributed by atoms with Crippen LogP contribution in [0.1, 0.15) is 57.7 Å². The number of nitrogens with one attached hydrogen (secondary N) is 1. The summed E-state index contributed by atoms with van der Waals surface area (Å²) in [6, 6.07) is 30.5. The number of rotatable bonds is 6. The van der Waals surface area contributed by atoms with Gasteiger partial charge in [0.15, 0.2) is 5.17 Å². The van der Waals surface area contributed by atoms with E-state index in [1.807, 2.05) is 19.9 Å². The van der Waals surface area contributed by atoms with Gasteiger partial charge in [-0.2, -0.15) is 0 Å². The van der Waals surface area contributed by atoms with E-state index in [1.54, 1.807) is 11.8 Å². The lowest BCUT2D eigenvalue weighted by molar-refractivity contribution is 0.639. The fourth-order valence-corrected chi connectivity index (χ4v) is 5.44. The summed E-state index contributed by atoms with van der Waals surface area (Å²) in [5, 5.41) is 9.89. The highest BCUT2D eigenvalue weighted by Crippen LogP contribution is 2.34. The Bertz CT molecular complexity index is 1270. The van der Waals surface area contributed by atoms with E-state index in [0.29, 0.717) is 0 Å². The van der Waals surface area contributed by atoms with Gasteiger partial charge < -0.3 is 5.32 Å². The monoisotopic (exact) mass is 508 g/mol. The smallest absolute Gasteiger partial charge is 0.158 e. The molecule has 0 saturated carbocycles. The Balaban J connectivity index is 0.000000489. The number of aliphatic imine (C=N–C) groups is 1. The van der Waals surface area contributed by atoms with Crippen molar-refractivity contribution in [2.24, 2.45) is 4.99 Å². The molecule has 0 bridgehead atoms. The van der Waals surface area contributed by atoms with Gasteiger partial charge >= 0.3 is 0 Å². The van der Waals surface area contributed by atoms with Gasteiger partial charge in [0, 0.05) is 5.75 Å². The van der Waals surface area contributed by atoms with Crippen LogP contribution >= 0.6 is 11.8 Å². The van der Waals surface area contributed by atoms with Gasteiger partial charge in [-0.25, -0.2) is 0 Å². The molecule has 4 aromatic rings. The van der Waals surface area contributed by atoms with Gasteiger partial charge in [-0.15, -0.1) is 6.58 Å². The lowest BCUT2D eigenvalue weighted by Gasteiger charge is -2.15. The van der Waals surface area contributed by atoms with Crippen LogP contribution in [0.5, 0.6) is 0 Å². The van der Waals surface area contributed by atoms with Crippen LogP contribution in [0, 0.1) is 0 Å². The van der Waals surface area contributed by atoms with Crippen LogP contribution in [0.4, 0.5) is 0 Å². The van der Waals surface area contributed by atoms with Crippen LogP contribution in [0.15, 0.2) is 115 Å². The first-order chi connectivity index (χ1) is 18.2. The second-order valence-corrected chi connectivity index (χ2v) is 9.61. The number of hydrogen-bond acceptors (Lipinski definition) is 3. The zero-order valence-electron chi connectivity index (χ0n) is 22.7. The molecular formula is C34H40N2S. The Morgan fingerprint density at radius 3 is 2.03 bits per heavy atom. The van der Waals surface area contributed by atoms with Crippen molar-refractivity contribution < 1.29 is 0 Å². The van der Waals surface area contributed by atoms with Crippen molar-refractivity contribution in [3.8, 4) is 0 Å². The highest BCUT2D eigenvalue weighted by atomic mass is 32.2. The fourth-order valence-electron chi connectivity index (χ4n) is 4.45. The first-order valence-electron chi connectivity index (χ1n) is 13.4. The molecule has 0 amide bonds. The van der Waals surface area contributed by atoms with Crippen molar-refractivity contribution in [3.05, 3.63) is 121 Å². The number of benzene rings is 4. The minimum Gasteiger partial charge on any atom is -0.356 e. The van der Waals surface area contributed by atoms with Gasteiger partial charge in [-0.1, -0.05) is 136 Å². The number of allylic oxidation sites excluding steroid dienone is 2. The lowest BCUT2D eigenvalue weighted by atomic mass is 9.98. The van der Waals surface area contributed by atoms with Crippen molar-refractivity contribution in [3.63, 3.8) is 0 Å². The summed E-state index contributed by atoms with van der Waals surface area (Å²) in [6.07, 6.45) is 8.63. The van der Waals surface area contributed by atoms with Crippen LogP contribution in [-0.2, 0) is 5.75 Å². The van der Waals surface area contributed by atoms with Crippen molar-refractivity contribution in [2.45, 2.75) is 58.4 Å². The minimum absolute atomic E-state index is 0.120. The molecule has 4 aromatic carbocycles. The molecule has 0 saturated heterocycles. The van der Waals surface area contributed by atoms with Crippen molar-refractivity contribution in [1.82, 2.24) is 5.32 Å². The van der Waals surface area contributed by atoms with E-state index < -0.39 is 0 Å². The Morgan fingerprint density at radius 1 is 0.892 bits per heavy atom. The summed E-state index contributed by atoms with van der Waals surface area (Å²) in [5.74, 6) is 0.887. The van der Waals surface area contributed by atoms with Crippen LogP contribution in [0.2, 0.25) is 0 Å². The predicted molar refractivity (Wildman–Crippen MR) is 168 cm³/mol.